The van der Waals surface area contributed by atoms with Gasteiger partial charge in [0.2, 0.25) is 5.75 Å². The van der Waals surface area contributed by atoms with Gasteiger partial charge in [-0.2, -0.15) is 5.10 Å². The molecule has 0 bridgehead atoms. The van der Waals surface area contributed by atoms with E-state index < -0.39 is 10.8 Å². The largest absolute Gasteiger partial charge is 0.486 e. The zero-order valence-electron chi connectivity index (χ0n) is 22.5. The smallest absolute Gasteiger partial charge is 0.313 e. The monoisotopic (exact) mass is 564 g/mol. The van der Waals surface area contributed by atoms with Crippen molar-refractivity contribution in [3.63, 3.8) is 0 Å². The molecule has 0 aliphatic heterocycles. The summed E-state index contributed by atoms with van der Waals surface area (Å²) in [7, 11) is 0. The summed E-state index contributed by atoms with van der Waals surface area (Å²) in [4.78, 5) is 23.4. The number of ether oxygens (including phenoxy) is 2. The molecule has 0 unspecified atom stereocenters. The fourth-order valence-electron chi connectivity index (χ4n) is 3.93. The third kappa shape index (κ3) is 6.70. The molecule has 208 valence electrons. The lowest BCUT2D eigenvalue weighted by Gasteiger charge is -2.14. The second kappa shape index (κ2) is 12.5. The minimum atomic E-state index is -0.596. The van der Waals surface area contributed by atoms with Gasteiger partial charge in [-0.25, -0.2) is 5.43 Å². The van der Waals surface area contributed by atoms with E-state index >= 15 is 0 Å². The van der Waals surface area contributed by atoms with E-state index in [-0.39, 0.29) is 34.9 Å². The lowest BCUT2D eigenvalue weighted by molar-refractivity contribution is -0.386. The average molecular weight is 565 g/mol. The maximum Gasteiger partial charge on any atom is 0.313 e. The Kier molecular flexibility index (Phi) is 8.90. The Labute approximate surface area is 236 Å². The maximum absolute atomic E-state index is 12.5. The van der Waals surface area contributed by atoms with Crippen LogP contribution in [-0.2, 0) is 6.61 Å². The molecule has 1 atom stereocenters. The standard InChI is InChI=1S/C29H29ClN4O6/c1-5-20(4)39-28-25(30)14-21(15-26(28)34(36)37)16-31-32-29(35)27-13-12-24(40-27)17-38-23-10-8-22(9-11-23)33-18(2)6-7-19(33)3/h6-16,20H,5,17H2,1-4H3,(H,32,35)/b31-16+/t20-/m1/s1. The van der Waals surface area contributed by atoms with Crippen LogP contribution in [0, 0.1) is 24.0 Å². The Morgan fingerprint density at radius 2 is 1.85 bits per heavy atom. The van der Waals surface area contributed by atoms with Crippen molar-refractivity contribution in [3.05, 3.63) is 104 Å². The number of amides is 1. The Morgan fingerprint density at radius 3 is 2.50 bits per heavy atom. The van der Waals surface area contributed by atoms with Crippen LogP contribution in [0.15, 0.2) is 70.2 Å². The minimum absolute atomic E-state index is 0.00502. The van der Waals surface area contributed by atoms with Crippen molar-refractivity contribution < 1.29 is 23.6 Å². The fraction of sp³-hybridized carbons (Fsp3) is 0.241. The number of nitro benzene ring substituents is 1. The highest BCUT2D eigenvalue weighted by Gasteiger charge is 2.22. The summed E-state index contributed by atoms with van der Waals surface area (Å²) >= 11 is 6.23. The molecule has 1 N–H and O–H groups in total. The first-order chi connectivity index (χ1) is 19.2. The summed E-state index contributed by atoms with van der Waals surface area (Å²) < 4.78 is 19.1. The first-order valence-corrected chi connectivity index (χ1v) is 13.0. The van der Waals surface area contributed by atoms with Crippen LogP contribution in [0.2, 0.25) is 5.02 Å². The van der Waals surface area contributed by atoms with E-state index in [1.54, 1.807) is 13.0 Å². The predicted molar refractivity (Wildman–Crippen MR) is 152 cm³/mol. The molecule has 2 aromatic heterocycles. The van der Waals surface area contributed by atoms with Crippen LogP contribution in [0.3, 0.4) is 0 Å². The van der Waals surface area contributed by atoms with E-state index in [1.165, 1.54) is 24.4 Å². The number of aryl methyl sites for hydroxylation is 2. The molecule has 0 fully saturated rings. The maximum atomic E-state index is 12.5. The van der Waals surface area contributed by atoms with Crippen molar-refractivity contribution in [3.8, 4) is 17.2 Å². The molecule has 0 saturated carbocycles. The zero-order valence-corrected chi connectivity index (χ0v) is 23.3. The quantitative estimate of drug-likeness (QED) is 0.122. The molecule has 40 heavy (non-hydrogen) atoms. The number of aromatic nitrogens is 1. The number of nitrogens with one attached hydrogen (secondary N) is 1. The Balaban J connectivity index is 1.34. The first kappa shape index (κ1) is 28.4. The summed E-state index contributed by atoms with van der Waals surface area (Å²) in [5.74, 6) is 0.545. The molecule has 10 nitrogen and oxygen atoms in total. The van der Waals surface area contributed by atoms with E-state index in [1.807, 2.05) is 31.2 Å². The second-order valence-electron chi connectivity index (χ2n) is 9.14. The molecule has 1 amide bonds. The molecular weight excluding hydrogens is 536 g/mol. The highest BCUT2D eigenvalue weighted by atomic mass is 35.5. The van der Waals surface area contributed by atoms with Crippen LogP contribution in [0.5, 0.6) is 11.5 Å². The number of hydrazone groups is 1. The van der Waals surface area contributed by atoms with Gasteiger partial charge in [0.25, 0.3) is 0 Å². The highest BCUT2D eigenvalue weighted by Crippen LogP contribution is 2.36. The fourth-order valence-corrected chi connectivity index (χ4v) is 4.20. The van der Waals surface area contributed by atoms with Gasteiger partial charge in [-0.05, 0) is 81.8 Å². The molecule has 0 spiro atoms. The topological polar surface area (TPSA) is 121 Å². The predicted octanol–water partition coefficient (Wildman–Crippen LogP) is 6.77. The van der Waals surface area contributed by atoms with Crippen molar-refractivity contribution in [2.45, 2.75) is 46.8 Å². The van der Waals surface area contributed by atoms with Crippen LogP contribution < -0.4 is 14.9 Å². The molecule has 4 rings (SSSR count). The van der Waals surface area contributed by atoms with Crippen LogP contribution in [0.1, 0.15) is 53.5 Å². The molecule has 2 aromatic carbocycles. The van der Waals surface area contributed by atoms with Crippen molar-refractivity contribution in [2.24, 2.45) is 5.10 Å². The molecule has 0 radical (unpaired) electrons. The number of halogens is 1. The molecule has 0 aliphatic carbocycles. The van der Waals surface area contributed by atoms with E-state index in [0.717, 1.165) is 17.1 Å². The molecule has 2 heterocycles. The van der Waals surface area contributed by atoms with Gasteiger partial charge in [0.15, 0.2) is 5.76 Å². The summed E-state index contributed by atoms with van der Waals surface area (Å²) in [6, 6.07) is 17.7. The summed E-state index contributed by atoms with van der Waals surface area (Å²) in [5.41, 5.74) is 5.69. The SMILES string of the molecule is CC[C@@H](C)Oc1c(Cl)cc(/C=N/NC(=O)c2ccc(COc3ccc(-n4c(C)ccc4C)cc3)o2)cc1[N+](=O)[O-]. The molecular formula is C29H29ClN4O6. The van der Waals surface area contributed by atoms with Gasteiger partial charge in [-0.3, -0.25) is 14.9 Å². The number of nitro groups is 1. The van der Waals surface area contributed by atoms with E-state index in [4.69, 9.17) is 25.5 Å². The van der Waals surface area contributed by atoms with Crippen molar-refractivity contribution in [1.29, 1.82) is 0 Å². The third-order valence-electron chi connectivity index (χ3n) is 6.15. The summed E-state index contributed by atoms with van der Waals surface area (Å²) in [6.07, 6.45) is 1.66. The van der Waals surface area contributed by atoms with Crippen LogP contribution in [0.4, 0.5) is 5.69 Å². The van der Waals surface area contributed by atoms with Crippen molar-refractivity contribution in [2.75, 3.05) is 0 Å². The van der Waals surface area contributed by atoms with Gasteiger partial charge in [-0.15, -0.1) is 0 Å². The zero-order chi connectivity index (χ0) is 28.8. The average Bonchev–Trinajstić information content (AvgIpc) is 3.55. The Hall–Kier alpha value is -4.57. The number of hydrogen-bond donors (Lipinski definition) is 1. The third-order valence-corrected chi connectivity index (χ3v) is 6.43. The van der Waals surface area contributed by atoms with Gasteiger partial charge < -0.3 is 18.5 Å². The van der Waals surface area contributed by atoms with Crippen LogP contribution >= 0.6 is 11.6 Å². The summed E-state index contributed by atoms with van der Waals surface area (Å²) in [6.45, 7) is 7.92. The number of carbonyl (C=O) groups is 1. The van der Waals surface area contributed by atoms with Gasteiger partial charge in [0, 0.05) is 28.7 Å². The van der Waals surface area contributed by atoms with Gasteiger partial charge >= 0.3 is 11.6 Å². The lowest BCUT2D eigenvalue weighted by atomic mass is 10.2. The van der Waals surface area contributed by atoms with Crippen molar-refractivity contribution in [1.82, 2.24) is 9.99 Å². The van der Waals surface area contributed by atoms with Crippen LogP contribution in [0.25, 0.3) is 5.69 Å². The first-order valence-electron chi connectivity index (χ1n) is 12.6. The minimum Gasteiger partial charge on any atom is -0.486 e. The van der Waals surface area contributed by atoms with E-state index in [2.05, 4.69) is 41.1 Å². The second-order valence-corrected chi connectivity index (χ2v) is 9.55. The lowest BCUT2D eigenvalue weighted by Crippen LogP contribution is -2.17. The molecule has 4 aromatic rings. The highest BCUT2D eigenvalue weighted by molar-refractivity contribution is 6.32. The van der Waals surface area contributed by atoms with Gasteiger partial charge in [0.1, 0.15) is 18.1 Å². The Bertz CT molecular complexity index is 1520. The molecule has 0 saturated heterocycles. The normalized spacial score (nSPS) is 11.9. The Morgan fingerprint density at radius 1 is 1.15 bits per heavy atom. The van der Waals surface area contributed by atoms with Gasteiger partial charge in [0.05, 0.1) is 22.3 Å². The number of rotatable bonds is 11. The van der Waals surface area contributed by atoms with E-state index in [9.17, 15) is 14.9 Å². The number of hydrogen-bond acceptors (Lipinski definition) is 7. The molecule has 11 heteroatoms. The number of carbonyl (C=O) groups excluding carboxylic acids is 1. The summed E-state index contributed by atoms with van der Waals surface area (Å²) in [5, 5.41) is 15.5. The van der Waals surface area contributed by atoms with E-state index in [0.29, 0.717) is 23.5 Å². The number of furan rings is 1. The van der Waals surface area contributed by atoms with Crippen molar-refractivity contribution >= 4 is 29.4 Å². The number of nitrogens with zero attached hydrogens (tertiary/aromatic N) is 3. The van der Waals surface area contributed by atoms with Crippen LogP contribution in [-0.4, -0.2) is 27.7 Å². The molecule has 0 aliphatic rings. The number of benzene rings is 2. The van der Waals surface area contributed by atoms with Gasteiger partial charge in [-0.1, -0.05) is 18.5 Å².